The van der Waals surface area contributed by atoms with Gasteiger partial charge < -0.3 is 10.0 Å². The van der Waals surface area contributed by atoms with Crippen LogP contribution >= 0.6 is 0 Å². The van der Waals surface area contributed by atoms with E-state index < -0.39 is 35.5 Å². The summed E-state index contributed by atoms with van der Waals surface area (Å²) in [6, 6.07) is 4.13. The van der Waals surface area contributed by atoms with E-state index in [4.69, 9.17) is 5.21 Å². The zero-order valence-electron chi connectivity index (χ0n) is 15.0. The van der Waals surface area contributed by atoms with E-state index in [0.717, 1.165) is 6.42 Å². The zero-order valence-corrected chi connectivity index (χ0v) is 15.0. The summed E-state index contributed by atoms with van der Waals surface area (Å²) in [6.45, 7) is 3.83. The number of carbonyl (C=O) groups excluding carboxylic acids is 2. The lowest BCUT2D eigenvalue weighted by atomic mass is 9.94. The van der Waals surface area contributed by atoms with Crippen molar-refractivity contribution in [1.29, 1.82) is 0 Å². The molecule has 0 fully saturated rings. The molecule has 0 saturated heterocycles. The van der Waals surface area contributed by atoms with Crippen LogP contribution < -0.4 is 5.48 Å². The molecule has 0 radical (unpaired) electrons. The molecular weight excluding hydrogens is 339 g/mol. The quantitative estimate of drug-likeness (QED) is 0.487. The van der Waals surface area contributed by atoms with Gasteiger partial charge >= 0.3 is 0 Å². The van der Waals surface area contributed by atoms with Crippen molar-refractivity contribution in [3.05, 3.63) is 47.0 Å². The fourth-order valence-electron chi connectivity index (χ4n) is 3.42. The molecule has 7 heteroatoms. The Kier molecular flexibility index (Phi) is 6.74. The molecule has 1 aromatic carbocycles. The second kappa shape index (κ2) is 8.80. The summed E-state index contributed by atoms with van der Waals surface area (Å²) >= 11 is 0. The van der Waals surface area contributed by atoms with Crippen LogP contribution in [-0.2, 0) is 9.59 Å². The van der Waals surface area contributed by atoms with Crippen molar-refractivity contribution >= 4 is 11.8 Å². The van der Waals surface area contributed by atoms with Crippen LogP contribution in [0.4, 0.5) is 4.39 Å². The van der Waals surface area contributed by atoms with Gasteiger partial charge in [0, 0.05) is 11.1 Å². The summed E-state index contributed by atoms with van der Waals surface area (Å²) in [4.78, 5) is 26.2. The highest BCUT2D eigenvalue weighted by Crippen LogP contribution is 2.42. The van der Waals surface area contributed by atoms with Crippen LogP contribution in [-0.4, -0.2) is 33.1 Å². The first-order valence-corrected chi connectivity index (χ1v) is 8.90. The Morgan fingerprint density at radius 1 is 1.31 bits per heavy atom. The highest BCUT2D eigenvalue weighted by Gasteiger charge is 2.46. The van der Waals surface area contributed by atoms with Crippen LogP contribution in [0.3, 0.4) is 0 Å². The van der Waals surface area contributed by atoms with Crippen molar-refractivity contribution in [1.82, 2.24) is 10.4 Å². The maximum atomic E-state index is 14.5. The predicted octanol–water partition coefficient (Wildman–Crippen LogP) is 3.39. The highest BCUT2D eigenvalue weighted by molar-refractivity contribution is 5.99. The molecule has 1 aromatic rings. The summed E-state index contributed by atoms with van der Waals surface area (Å²) in [5.41, 5.74) is 2.21. The van der Waals surface area contributed by atoms with E-state index in [1.54, 1.807) is 17.6 Å². The van der Waals surface area contributed by atoms with Gasteiger partial charge in [-0.1, -0.05) is 51.3 Å². The number of nitrogens with one attached hydrogen (secondary N) is 1. The van der Waals surface area contributed by atoms with E-state index in [1.165, 1.54) is 17.0 Å². The summed E-state index contributed by atoms with van der Waals surface area (Å²) in [5, 5.41) is 19.5. The summed E-state index contributed by atoms with van der Waals surface area (Å²) < 4.78 is 14.5. The van der Waals surface area contributed by atoms with E-state index in [2.05, 4.69) is 0 Å². The Morgan fingerprint density at radius 3 is 2.58 bits per heavy atom. The average molecular weight is 364 g/mol. The summed E-state index contributed by atoms with van der Waals surface area (Å²) in [7, 11) is 0. The molecule has 1 aliphatic rings. The third-order valence-electron chi connectivity index (χ3n) is 4.65. The first-order valence-electron chi connectivity index (χ1n) is 8.90. The van der Waals surface area contributed by atoms with Crippen LogP contribution in [0.5, 0.6) is 0 Å². The minimum Gasteiger partial charge on any atom is -0.503 e. The molecule has 3 N–H and O–H groups in total. The number of aliphatic hydroxyl groups is 1. The third kappa shape index (κ3) is 3.72. The zero-order chi connectivity index (χ0) is 19.3. The second-order valence-corrected chi connectivity index (χ2v) is 6.39. The Hall–Kier alpha value is -2.41. The first kappa shape index (κ1) is 19.9. The Morgan fingerprint density at radius 2 is 2.00 bits per heavy atom. The number of amides is 2. The van der Waals surface area contributed by atoms with Crippen LogP contribution in [0.1, 0.15) is 57.6 Å². The van der Waals surface area contributed by atoms with Crippen LogP contribution in [0.2, 0.25) is 0 Å². The van der Waals surface area contributed by atoms with Gasteiger partial charge in [-0.15, -0.1) is 0 Å². The number of hydroxylamine groups is 1. The van der Waals surface area contributed by atoms with E-state index >= 15 is 0 Å². The van der Waals surface area contributed by atoms with E-state index in [1.807, 2.05) is 13.8 Å². The number of rotatable bonds is 8. The molecule has 26 heavy (non-hydrogen) atoms. The second-order valence-electron chi connectivity index (χ2n) is 6.39. The minimum atomic E-state index is -1.01. The monoisotopic (exact) mass is 364 g/mol. The van der Waals surface area contributed by atoms with Gasteiger partial charge in [0.25, 0.3) is 11.8 Å². The summed E-state index contributed by atoms with van der Waals surface area (Å²) in [6.07, 6.45) is 2.76. The van der Waals surface area contributed by atoms with Gasteiger partial charge in [-0.3, -0.25) is 14.8 Å². The number of halogens is 1. The number of hydrogen-bond acceptors (Lipinski definition) is 4. The molecule has 0 aliphatic carbocycles. The number of unbranched alkanes of at least 4 members (excludes halogenated alkanes) is 1. The van der Waals surface area contributed by atoms with Gasteiger partial charge in [0.2, 0.25) is 0 Å². The standard InChI is InChI=1S/C19H25FN2O4/c1-3-5-11-15(18(24)21-26)22-16(12-9-6-7-10-14(12)20)13(8-4-2)17(23)19(22)25/h6-7,9-10,15-16,23,26H,3-5,8,11H2,1-2H3,(H,21,24). The van der Waals surface area contributed by atoms with Gasteiger partial charge in [-0.05, 0) is 18.9 Å². The molecule has 1 heterocycles. The lowest BCUT2D eigenvalue weighted by Gasteiger charge is -2.33. The lowest BCUT2D eigenvalue weighted by molar-refractivity contribution is -0.144. The number of benzene rings is 1. The fourth-order valence-corrected chi connectivity index (χ4v) is 3.42. The molecule has 1 aliphatic heterocycles. The van der Waals surface area contributed by atoms with Gasteiger partial charge in [0.15, 0.2) is 5.76 Å². The van der Waals surface area contributed by atoms with Gasteiger partial charge in [0.05, 0.1) is 6.04 Å². The molecule has 6 nitrogen and oxygen atoms in total. The largest absolute Gasteiger partial charge is 0.503 e. The molecule has 0 saturated carbocycles. The SMILES string of the molecule is CCCCC(C(=O)NO)N1C(=O)C(O)=C(CCC)C1c1ccccc1F. The van der Waals surface area contributed by atoms with Crippen molar-refractivity contribution in [2.24, 2.45) is 0 Å². The molecule has 2 amide bonds. The normalized spacial score (nSPS) is 18.4. The van der Waals surface area contributed by atoms with E-state index in [-0.39, 0.29) is 5.56 Å². The number of aliphatic hydroxyl groups excluding tert-OH is 1. The number of carbonyl (C=O) groups is 2. The predicted molar refractivity (Wildman–Crippen MR) is 93.8 cm³/mol. The molecule has 0 bridgehead atoms. The first-order chi connectivity index (χ1) is 12.5. The molecule has 2 unspecified atom stereocenters. The fraction of sp³-hybridized carbons (Fsp3) is 0.474. The van der Waals surface area contributed by atoms with Crippen molar-refractivity contribution in [2.75, 3.05) is 0 Å². The molecule has 2 rings (SSSR count). The third-order valence-corrected chi connectivity index (χ3v) is 4.65. The van der Waals surface area contributed by atoms with E-state index in [0.29, 0.717) is 31.3 Å². The van der Waals surface area contributed by atoms with Crippen LogP contribution in [0.15, 0.2) is 35.6 Å². The van der Waals surface area contributed by atoms with Gasteiger partial charge in [-0.25, -0.2) is 9.87 Å². The Balaban J connectivity index is 2.56. The van der Waals surface area contributed by atoms with Gasteiger partial charge in [-0.2, -0.15) is 0 Å². The Bertz CT molecular complexity index is 705. The molecule has 0 aromatic heterocycles. The highest BCUT2D eigenvalue weighted by atomic mass is 19.1. The number of nitrogens with zero attached hydrogens (tertiary/aromatic N) is 1. The van der Waals surface area contributed by atoms with Gasteiger partial charge in [0.1, 0.15) is 11.9 Å². The van der Waals surface area contributed by atoms with E-state index in [9.17, 15) is 19.1 Å². The lowest BCUT2D eigenvalue weighted by Crippen LogP contribution is -2.48. The van der Waals surface area contributed by atoms with Crippen LogP contribution in [0, 0.1) is 5.82 Å². The maximum absolute atomic E-state index is 14.5. The van der Waals surface area contributed by atoms with Crippen LogP contribution in [0.25, 0.3) is 0 Å². The van der Waals surface area contributed by atoms with Crippen molar-refractivity contribution < 1.29 is 24.3 Å². The topological polar surface area (TPSA) is 89.9 Å². The molecular formula is C19H25FN2O4. The average Bonchev–Trinajstić information content (AvgIpc) is 2.88. The number of hydrogen-bond donors (Lipinski definition) is 3. The van der Waals surface area contributed by atoms with Crippen molar-refractivity contribution in [3.8, 4) is 0 Å². The minimum absolute atomic E-state index is 0.223. The molecule has 142 valence electrons. The van der Waals surface area contributed by atoms with Crippen molar-refractivity contribution in [3.63, 3.8) is 0 Å². The Labute approximate surface area is 152 Å². The molecule has 0 spiro atoms. The molecule has 2 atom stereocenters. The maximum Gasteiger partial charge on any atom is 0.290 e. The summed E-state index contributed by atoms with van der Waals surface area (Å²) in [5.74, 6) is -2.42. The van der Waals surface area contributed by atoms with Crippen molar-refractivity contribution in [2.45, 2.75) is 58.0 Å². The smallest absolute Gasteiger partial charge is 0.290 e.